The van der Waals surface area contributed by atoms with Gasteiger partial charge in [-0.1, -0.05) is 140 Å². The summed E-state index contributed by atoms with van der Waals surface area (Å²) in [6, 6.07) is 55.0. The SMILES string of the molecule is Nc1cccc(-c2ccc(C(c3ccccc3)(c3ccccc3)c3ccc(-c4ccccc4)cc3N)cc2)c1. The van der Waals surface area contributed by atoms with Gasteiger partial charge in [0.2, 0.25) is 0 Å². The van der Waals surface area contributed by atoms with Gasteiger partial charge in [-0.15, -0.1) is 0 Å². The Kier molecular flexibility index (Phi) is 6.44. The van der Waals surface area contributed by atoms with Crippen LogP contribution in [-0.2, 0) is 5.41 Å². The molecule has 0 fully saturated rings. The van der Waals surface area contributed by atoms with Crippen LogP contribution in [-0.4, -0.2) is 0 Å². The fourth-order valence-electron chi connectivity index (χ4n) is 5.69. The van der Waals surface area contributed by atoms with Gasteiger partial charge in [-0.3, -0.25) is 0 Å². The highest BCUT2D eigenvalue weighted by Crippen LogP contribution is 2.48. The van der Waals surface area contributed by atoms with Crippen LogP contribution in [0.15, 0.2) is 158 Å². The lowest BCUT2D eigenvalue weighted by molar-refractivity contribution is 0.748. The Labute approximate surface area is 230 Å². The summed E-state index contributed by atoms with van der Waals surface area (Å²) >= 11 is 0. The number of rotatable bonds is 6. The van der Waals surface area contributed by atoms with Gasteiger partial charge in [0.25, 0.3) is 0 Å². The minimum absolute atomic E-state index is 0.615. The number of hydrogen-bond donors (Lipinski definition) is 2. The van der Waals surface area contributed by atoms with Gasteiger partial charge < -0.3 is 11.5 Å². The van der Waals surface area contributed by atoms with Crippen LogP contribution in [0.5, 0.6) is 0 Å². The van der Waals surface area contributed by atoms with E-state index in [1.54, 1.807) is 0 Å². The third-order valence-corrected chi connectivity index (χ3v) is 7.51. The van der Waals surface area contributed by atoms with Gasteiger partial charge in [0.15, 0.2) is 0 Å². The summed E-state index contributed by atoms with van der Waals surface area (Å²) in [7, 11) is 0. The second-order valence-corrected chi connectivity index (χ2v) is 9.85. The van der Waals surface area contributed by atoms with Crippen LogP contribution < -0.4 is 11.5 Å². The minimum Gasteiger partial charge on any atom is -0.399 e. The molecular formula is C37H30N2. The molecule has 0 unspecified atom stereocenters. The fraction of sp³-hybridized carbons (Fsp3) is 0.0270. The summed E-state index contributed by atoms with van der Waals surface area (Å²) in [5.41, 5.74) is 22.9. The smallest absolute Gasteiger partial charge is 0.0721 e. The Hall–Kier alpha value is -5.08. The van der Waals surface area contributed by atoms with Crippen LogP contribution in [0.4, 0.5) is 11.4 Å². The maximum absolute atomic E-state index is 6.98. The zero-order valence-electron chi connectivity index (χ0n) is 21.7. The third kappa shape index (κ3) is 4.47. The summed E-state index contributed by atoms with van der Waals surface area (Å²) < 4.78 is 0. The van der Waals surface area contributed by atoms with Crippen molar-refractivity contribution in [1.82, 2.24) is 0 Å². The normalized spacial score (nSPS) is 11.3. The zero-order chi connectivity index (χ0) is 26.7. The lowest BCUT2D eigenvalue weighted by Crippen LogP contribution is -2.32. The molecule has 0 bridgehead atoms. The number of hydrogen-bond acceptors (Lipinski definition) is 2. The maximum atomic E-state index is 6.98. The molecule has 4 N–H and O–H groups in total. The first-order valence-electron chi connectivity index (χ1n) is 13.2. The first kappa shape index (κ1) is 24.3. The van der Waals surface area contributed by atoms with Crippen LogP contribution in [0.25, 0.3) is 22.3 Å². The molecule has 2 heteroatoms. The summed E-state index contributed by atoms with van der Waals surface area (Å²) in [5.74, 6) is 0. The Bertz CT molecular complexity index is 1650. The molecular weight excluding hydrogens is 472 g/mol. The molecule has 6 rings (SSSR count). The van der Waals surface area contributed by atoms with E-state index in [1.165, 1.54) is 0 Å². The second-order valence-electron chi connectivity index (χ2n) is 9.85. The van der Waals surface area contributed by atoms with Gasteiger partial charge in [0.05, 0.1) is 5.41 Å². The molecule has 0 atom stereocenters. The summed E-state index contributed by atoms with van der Waals surface area (Å²) in [4.78, 5) is 0. The Morgan fingerprint density at radius 1 is 0.359 bits per heavy atom. The first-order valence-corrected chi connectivity index (χ1v) is 13.2. The zero-order valence-corrected chi connectivity index (χ0v) is 21.7. The molecule has 0 heterocycles. The highest BCUT2D eigenvalue weighted by atomic mass is 14.6. The van der Waals surface area contributed by atoms with Crippen LogP contribution in [0.3, 0.4) is 0 Å². The monoisotopic (exact) mass is 502 g/mol. The molecule has 0 saturated heterocycles. The molecule has 2 nitrogen and oxygen atoms in total. The molecule has 6 aromatic carbocycles. The molecule has 0 aliphatic heterocycles. The molecule has 0 radical (unpaired) electrons. The van der Waals surface area contributed by atoms with Crippen molar-refractivity contribution in [2.45, 2.75) is 5.41 Å². The van der Waals surface area contributed by atoms with E-state index in [1.807, 2.05) is 24.3 Å². The number of nitrogens with two attached hydrogens (primary N) is 2. The topological polar surface area (TPSA) is 52.0 Å². The number of nitrogen functional groups attached to an aromatic ring is 2. The highest BCUT2D eigenvalue weighted by Gasteiger charge is 2.39. The van der Waals surface area contributed by atoms with Crippen LogP contribution in [0, 0.1) is 0 Å². The molecule has 0 aliphatic rings. The van der Waals surface area contributed by atoms with E-state index in [2.05, 4.69) is 133 Å². The van der Waals surface area contributed by atoms with Gasteiger partial charge in [-0.05, 0) is 62.7 Å². The summed E-state index contributed by atoms with van der Waals surface area (Å²) in [5, 5.41) is 0. The van der Waals surface area contributed by atoms with Crippen molar-refractivity contribution in [2.75, 3.05) is 11.5 Å². The van der Waals surface area contributed by atoms with E-state index >= 15 is 0 Å². The highest BCUT2D eigenvalue weighted by molar-refractivity contribution is 5.75. The summed E-state index contributed by atoms with van der Waals surface area (Å²) in [6.45, 7) is 0. The average Bonchev–Trinajstić information content (AvgIpc) is 3.00. The van der Waals surface area contributed by atoms with Gasteiger partial charge in [0.1, 0.15) is 0 Å². The van der Waals surface area contributed by atoms with Crippen molar-refractivity contribution in [1.29, 1.82) is 0 Å². The molecule has 0 aromatic heterocycles. The third-order valence-electron chi connectivity index (χ3n) is 7.51. The molecule has 6 aromatic rings. The van der Waals surface area contributed by atoms with Crippen LogP contribution >= 0.6 is 0 Å². The largest absolute Gasteiger partial charge is 0.399 e. The van der Waals surface area contributed by atoms with Crippen molar-refractivity contribution in [3.8, 4) is 22.3 Å². The van der Waals surface area contributed by atoms with E-state index < -0.39 is 5.41 Å². The first-order chi connectivity index (χ1) is 19.2. The lowest BCUT2D eigenvalue weighted by Gasteiger charge is -2.38. The van der Waals surface area contributed by atoms with Gasteiger partial charge >= 0.3 is 0 Å². The second kappa shape index (κ2) is 10.4. The van der Waals surface area contributed by atoms with E-state index in [0.717, 1.165) is 55.9 Å². The molecule has 39 heavy (non-hydrogen) atoms. The Balaban J connectivity index is 1.60. The van der Waals surface area contributed by atoms with Crippen molar-refractivity contribution in [3.63, 3.8) is 0 Å². The molecule has 0 spiro atoms. The van der Waals surface area contributed by atoms with Gasteiger partial charge in [0, 0.05) is 11.4 Å². The lowest BCUT2D eigenvalue weighted by atomic mass is 9.64. The van der Waals surface area contributed by atoms with E-state index in [-0.39, 0.29) is 0 Å². The number of benzene rings is 6. The van der Waals surface area contributed by atoms with Gasteiger partial charge in [-0.25, -0.2) is 0 Å². The quantitative estimate of drug-likeness (QED) is 0.177. The van der Waals surface area contributed by atoms with Crippen molar-refractivity contribution < 1.29 is 0 Å². The van der Waals surface area contributed by atoms with Crippen LogP contribution in [0.2, 0.25) is 0 Å². The van der Waals surface area contributed by atoms with E-state index in [4.69, 9.17) is 11.5 Å². The Morgan fingerprint density at radius 2 is 0.821 bits per heavy atom. The maximum Gasteiger partial charge on any atom is 0.0721 e. The molecule has 0 amide bonds. The van der Waals surface area contributed by atoms with Crippen LogP contribution in [0.1, 0.15) is 22.3 Å². The van der Waals surface area contributed by atoms with E-state index in [0.29, 0.717) is 0 Å². The molecule has 188 valence electrons. The van der Waals surface area contributed by atoms with Crippen molar-refractivity contribution in [3.05, 3.63) is 180 Å². The Morgan fingerprint density at radius 3 is 1.38 bits per heavy atom. The predicted molar refractivity (Wildman–Crippen MR) is 164 cm³/mol. The van der Waals surface area contributed by atoms with E-state index in [9.17, 15) is 0 Å². The van der Waals surface area contributed by atoms with Crippen molar-refractivity contribution >= 4 is 11.4 Å². The van der Waals surface area contributed by atoms with Crippen molar-refractivity contribution in [2.24, 2.45) is 0 Å². The molecule has 0 aliphatic carbocycles. The number of anilines is 2. The minimum atomic E-state index is -0.615. The summed E-state index contributed by atoms with van der Waals surface area (Å²) in [6.07, 6.45) is 0. The van der Waals surface area contributed by atoms with Gasteiger partial charge in [-0.2, -0.15) is 0 Å². The fourth-order valence-corrected chi connectivity index (χ4v) is 5.69. The standard InChI is InChI=1S/C37H30N2/c38-34-18-10-13-29(25-34)28-19-22-33(23-20-28)37(31-14-6-2-7-15-31,32-16-8-3-9-17-32)35-24-21-30(26-36(35)39)27-11-4-1-5-12-27/h1-26H,38-39H2. The predicted octanol–water partition coefficient (Wildman–Crippen LogP) is 8.57. The molecule has 0 saturated carbocycles. The average molecular weight is 503 g/mol.